The molecule has 0 radical (unpaired) electrons. The molecule has 0 saturated heterocycles. The molecule has 0 aromatic heterocycles. The Morgan fingerprint density at radius 3 is 2.21 bits per heavy atom. The maximum atomic E-state index is 13.0. The molecule has 0 unspecified atom stereocenters. The quantitative estimate of drug-likeness (QED) is 0.549. The van der Waals surface area contributed by atoms with Crippen LogP contribution >= 0.6 is 0 Å². The van der Waals surface area contributed by atoms with E-state index in [-0.39, 0.29) is 18.4 Å². The van der Waals surface area contributed by atoms with E-state index in [1.165, 1.54) is 0 Å². The molecule has 178 valence electrons. The lowest BCUT2D eigenvalue weighted by molar-refractivity contribution is -0.142. The van der Waals surface area contributed by atoms with Crippen molar-refractivity contribution in [3.8, 4) is 11.1 Å². The Hall–Kier alpha value is -3.35. The molecule has 2 fully saturated rings. The lowest BCUT2D eigenvalue weighted by Crippen LogP contribution is -2.51. The van der Waals surface area contributed by atoms with E-state index in [2.05, 4.69) is 34.9 Å². The van der Waals surface area contributed by atoms with Gasteiger partial charge in [0.15, 0.2) is 0 Å². The van der Waals surface area contributed by atoms with Crippen molar-refractivity contribution in [2.24, 2.45) is 11.8 Å². The van der Waals surface area contributed by atoms with Crippen LogP contribution in [0.5, 0.6) is 0 Å². The van der Waals surface area contributed by atoms with Crippen molar-refractivity contribution in [1.82, 2.24) is 10.6 Å². The second-order valence-electron chi connectivity index (χ2n) is 9.69. The van der Waals surface area contributed by atoms with Gasteiger partial charge in [0, 0.05) is 12.0 Å². The van der Waals surface area contributed by atoms with Crippen LogP contribution in [0, 0.1) is 11.8 Å². The smallest absolute Gasteiger partial charge is 0.407 e. The minimum atomic E-state index is -0.883. The van der Waals surface area contributed by atoms with Gasteiger partial charge in [0.1, 0.15) is 12.6 Å². The number of carbonyl (C=O) groups is 3. The molecule has 0 heterocycles. The van der Waals surface area contributed by atoms with Gasteiger partial charge in [-0.05, 0) is 47.4 Å². The summed E-state index contributed by atoms with van der Waals surface area (Å²) in [7, 11) is 0. The van der Waals surface area contributed by atoms with Crippen molar-refractivity contribution in [3.05, 3.63) is 59.7 Å². The highest BCUT2D eigenvalue weighted by molar-refractivity contribution is 5.86. The third-order valence-electron chi connectivity index (χ3n) is 7.38. The first-order valence-corrected chi connectivity index (χ1v) is 12.2. The topological polar surface area (TPSA) is 105 Å². The number of amides is 2. The standard InChI is InChI=1S/C27H30N2O5/c30-25(28-23-11-5-10-21(23)26(31)32)24(14-16-12-13-16)29-27(33)34-15-22-19-8-3-1-6-17(19)18-7-2-4-9-20(18)22/h1-4,6-9,16,21-24H,5,10-15H2,(H,28,30)(H,29,33)(H,31,32)/t21-,23+,24-/m0/s1. The summed E-state index contributed by atoms with van der Waals surface area (Å²) in [4.78, 5) is 37.2. The van der Waals surface area contributed by atoms with Crippen molar-refractivity contribution >= 4 is 18.0 Å². The van der Waals surface area contributed by atoms with Crippen molar-refractivity contribution in [3.63, 3.8) is 0 Å². The Bertz CT molecular complexity index is 1050. The summed E-state index contributed by atoms with van der Waals surface area (Å²) < 4.78 is 5.63. The summed E-state index contributed by atoms with van der Waals surface area (Å²) in [6.45, 7) is 0.182. The van der Waals surface area contributed by atoms with Crippen molar-refractivity contribution in [1.29, 1.82) is 0 Å². The fourth-order valence-electron chi connectivity index (χ4n) is 5.41. The van der Waals surface area contributed by atoms with Crippen LogP contribution in [0.1, 0.15) is 55.6 Å². The first kappa shape index (κ1) is 22.4. The van der Waals surface area contributed by atoms with Crippen molar-refractivity contribution in [2.45, 2.75) is 56.5 Å². The van der Waals surface area contributed by atoms with E-state index in [0.717, 1.165) is 41.5 Å². The third kappa shape index (κ3) is 4.65. The summed E-state index contributed by atoms with van der Waals surface area (Å²) in [6.07, 6.45) is 3.98. The van der Waals surface area contributed by atoms with Crippen LogP contribution in [0.15, 0.2) is 48.5 Å². The molecule has 3 aliphatic carbocycles. The lowest BCUT2D eigenvalue weighted by atomic mass is 9.98. The zero-order valence-electron chi connectivity index (χ0n) is 19.0. The highest BCUT2D eigenvalue weighted by atomic mass is 16.5. The molecule has 2 aromatic carbocycles. The van der Waals surface area contributed by atoms with Crippen LogP contribution in [-0.4, -0.2) is 41.8 Å². The maximum absolute atomic E-state index is 13.0. The lowest BCUT2D eigenvalue weighted by Gasteiger charge is -2.23. The van der Waals surface area contributed by atoms with E-state index in [9.17, 15) is 19.5 Å². The highest BCUT2D eigenvalue weighted by Gasteiger charge is 2.37. The average molecular weight is 463 g/mol. The largest absolute Gasteiger partial charge is 0.481 e. The van der Waals surface area contributed by atoms with Gasteiger partial charge < -0.3 is 20.5 Å². The molecule has 0 bridgehead atoms. The third-order valence-corrected chi connectivity index (χ3v) is 7.38. The summed E-state index contributed by atoms with van der Waals surface area (Å²) in [6, 6.07) is 15.2. The first-order valence-electron chi connectivity index (χ1n) is 12.2. The molecule has 2 aromatic rings. The van der Waals surface area contributed by atoms with Gasteiger partial charge >= 0.3 is 12.1 Å². The fraction of sp³-hybridized carbons (Fsp3) is 0.444. The number of alkyl carbamates (subject to hydrolysis) is 1. The van der Waals surface area contributed by atoms with Gasteiger partial charge in [-0.1, -0.05) is 67.8 Å². The molecule has 5 rings (SSSR count). The predicted octanol–water partition coefficient (Wildman–Crippen LogP) is 4.06. The number of nitrogens with one attached hydrogen (secondary N) is 2. The van der Waals surface area contributed by atoms with E-state index < -0.39 is 30.1 Å². The molecule has 7 nitrogen and oxygen atoms in total. The predicted molar refractivity (Wildman–Crippen MR) is 126 cm³/mol. The fourth-order valence-corrected chi connectivity index (χ4v) is 5.41. The van der Waals surface area contributed by atoms with Crippen molar-refractivity contribution in [2.75, 3.05) is 6.61 Å². The second-order valence-corrected chi connectivity index (χ2v) is 9.69. The number of hydrogen-bond acceptors (Lipinski definition) is 4. The number of hydrogen-bond donors (Lipinski definition) is 3. The normalized spacial score (nSPS) is 21.9. The first-order chi connectivity index (χ1) is 16.5. The van der Waals surface area contributed by atoms with Crippen LogP contribution in [0.2, 0.25) is 0 Å². The van der Waals surface area contributed by atoms with Gasteiger partial charge in [-0.25, -0.2) is 4.79 Å². The van der Waals surface area contributed by atoms with Gasteiger partial charge in [-0.3, -0.25) is 9.59 Å². The molecule has 7 heteroatoms. The molecule has 3 atom stereocenters. The Labute approximate surface area is 198 Å². The number of carbonyl (C=O) groups excluding carboxylic acids is 2. The molecular formula is C27H30N2O5. The van der Waals surface area contributed by atoms with E-state index in [1.807, 2.05) is 24.3 Å². The highest BCUT2D eigenvalue weighted by Crippen LogP contribution is 2.44. The monoisotopic (exact) mass is 462 g/mol. The van der Waals surface area contributed by atoms with Gasteiger partial charge in [0.25, 0.3) is 0 Å². The molecule has 0 aliphatic heterocycles. The molecule has 2 amide bonds. The minimum absolute atomic E-state index is 0.0522. The molecule has 0 spiro atoms. The molecule has 2 saturated carbocycles. The molecule has 3 aliphatic rings. The van der Waals surface area contributed by atoms with Gasteiger partial charge in [0.05, 0.1) is 5.92 Å². The Balaban J connectivity index is 1.22. The van der Waals surface area contributed by atoms with E-state index in [1.54, 1.807) is 0 Å². The number of fused-ring (bicyclic) bond motifs is 3. The molecular weight excluding hydrogens is 432 g/mol. The van der Waals surface area contributed by atoms with Crippen LogP contribution in [0.4, 0.5) is 4.79 Å². The van der Waals surface area contributed by atoms with Crippen LogP contribution in [0.25, 0.3) is 11.1 Å². The molecule has 3 N–H and O–H groups in total. The zero-order valence-corrected chi connectivity index (χ0v) is 19.0. The van der Waals surface area contributed by atoms with E-state index in [4.69, 9.17) is 4.74 Å². The minimum Gasteiger partial charge on any atom is -0.481 e. The number of carboxylic acids is 1. The Morgan fingerprint density at radius 2 is 1.59 bits per heavy atom. The number of ether oxygens (including phenoxy) is 1. The number of aliphatic carboxylic acids is 1. The Kier molecular flexibility index (Phi) is 6.26. The molecule has 34 heavy (non-hydrogen) atoms. The van der Waals surface area contributed by atoms with Crippen molar-refractivity contribution < 1.29 is 24.2 Å². The number of benzene rings is 2. The van der Waals surface area contributed by atoms with Crippen LogP contribution < -0.4 is 10.6 Å². The Morgan fingerprint density at radius 1 is 0.941 bits per heavy atom. The summed E-state index contributed by atoms with van der Waals surface area (Å²) in [5.74, 6) is -1.42. The summed E-state index contributed by atoms with van der Waals surface area (Å²) in [5, 5.41) is 15.0. The summed E-state index contributed by atoms with van der Waals surface area (Å²) in [5.41, 5.74) is 4.57. The van der Waals surface area contributed by atoms with Gasteiger partial charge in [-0.2, -0.15) is 0 Å². The maximum Gasteiger partial charge on any atom is 0.407 e. The van der Waals surface area contributed by atoms with Crippen LogP contribution in [-0.2, 0) is 14.3 Å². The number of carboxylic acid groups (broad SMARTS) is 1. The van der Waals surface area contributed by atoms with Gasteiger partial charge in [-0.15, -0.1) is 0 Å². The SMILES string of the molecule is O=C(N[C@@H](CC1CC1)C(=O)N[C@@H]1CCC[C@@H]1C(=O)O)OCC1c2ccccc2-c2ccccc21. The van der Waals surface area contributed by atoms with Gasteiger partial charge in [0.2, 0.25) is 5.91 Å². The second kappa shape index (κ2) is 9.49. The summed E-state index contributed by atoms with van der Waals surface area (Å²) >= 11 is 0. The van der Waals surface area contributed by atoms with Crippen LogP contribution in [0.3, 0.4) is 0 Å². The van der Waals surface area contributed by atoms with E-state index in [0.29, 0.717) is 25.2 Å². The van der Waals surface area contributed by atoms with E-state index >= 15 is 0 Å². The average Bonchev–Trinajstić information content (AvgIpc) is 3.43. The zero-order chi connectivity index (χ0) is 23.7. The number of rotatable bonds is 8.